The molecule has 0 bridgehead atoms. The van der Waals surface area contributed by atoms with Crippen LogP contribution in [-0.2, 0) is 13.2 Å². The van der Waals surface area contributed by atoms with Crippen molar-refractivity contribution in [1.29, 1.82) is 0 Å². The first-order valence-corrected chi connectivity index (χ1v) is 7.06. The molecule has 0 aliphatic heterocycles. The van der Waals surface area contributed by atoms with Gasteiger partial charge in [-0.2, -0.15) is 0 Å². The average Bonchev–Trinajstić information content (AvgIpc) is 3.02. The van der Waals surface area contributed by atoms with Gasteiger partial charge in [-0.15, -0.1) is 10.2 Å². The van der Waals surface area contributed by atoms with Gasteiger partial charge in [-0.1, -0.05) is 36.4 Å². The molecule has 0 N–H and O–H groups in total. The predicted molar refractivity (Wildman–Crippen MR) is 83.6 cm³/mol. The molecule has 0 amide bonds. The van der Waals surface area contributed by atoms with Crippen molar-refractivity contribution in [2.45, 2.75) is 13.2 Å². The maximum absolute atomic E-state index is 5.61. The van der Waals surface area contributed by atoms with E-state index < -0.39 is 0 Å². The Kier molecular flexibility index (Phi) is 4.34. The van der Waals surface area contributed by atoms with Gasteiger partial charge in [-0.25, -0.2) is 0 Å². The lowest BCUT2D eigenvalue weighted by Crippen LogP contribution is -2.16. The summed E-state index contributed by atoms with van der Waals surface area (Å²) >= 11 is 0. The van der Waals surface area contributed by atoms with Crippen molar-refractivity contribution in [3.8, 4) is 5.75 Å². The molecule has 5 heteroatoms. The summed E-state index contributed by atoms with van der Waals surface area (Å²) in [6.07, 6.45) is 0. The number of hydrogen-bond donors (Lipinski definition) is 0. The Balaban J connectivity index is 1.57. The summed E-state index contributed by atoms with van der Waals surface area (Å²) in [6.45, 7) is 0.828. The molecule has 5 nitrogen and oxygen atoms in total. The zero-order valence-electron chi connectivity index (χ0n) is 12.3. The summed E-state index contributed by atoms with van der Waals surface area (Å²) in [7, 11) is 1.99. The van der Waals surface area contributed by atoms with Gasteiger partial charge in [-0.3, -0.25) is 0 Å². The van der Waals surface area contributed by atoms with Crippen LogP contribution in [0.25, 0.3) is 0 Å². The summed E-state index contributed by atoms with van der Waals surface area (Å²) in [5.41, 5.74) is 1.10. The van der Waals surface area contributed by atoms with Crippen molar-refractivity contribution < 1.29 is 9.15 Å². The largest absolute Gasteiger partial charge is 0.484 e. The molecule has 112 valence electrons. The molecule has 1 aromatic heterocycles. The molecule has 2 aromatic carbocycles. The lowest BCUT2D eigenvalue weighted by molar-refractivity contribution is 0.259. The molecule has 22 heavy (non-hydrogen) atoms. The number of aromatic nitrogens is 2. The lowest BCUT2D eigenvalue weighted by atomic mass is 10.3. The Hall–Kier alpha value is -2.82. The number of rotatable bonds is 6. The molecule has 0 fully saturated rings. The molecule has 0 saturated carbocycles. The molecule has 3 aromatic rings. The van der Waals surface area contributed by atoms with Crippen LogP contribution in [0.1, 0.15) is 11.8 Å². The Bertz CT molecular complexity index is 698. The molecular weight excluding hydrogens is 278 g/mol. The second-order valence-corrected chi connectivity index (χ2v) is 4.88. The number of para-hydroxylation sites is 2. The topological polar surface area (TPSA) is 51.4 Å². The highest BCUT2D eigenvalue weighted by Gasteiger charge is 2.09. The zero-order valence-corrected chi connectivity index (χ0v) is 12.3. The van der Waals surface area contributed by atoms with E-state index in [-0.39, 0.29) is 6.61 Å². The van der Waals surface area contributed by atoms with Crippen LogP contribution < -0.4 is 9.64 Å². The monoisotopic (exact) mass is 295 g/mol. The molecular formula is C17H17N3O2. The molecule has 0 unspecified atom stereocenters. The first kappa shape index (κ1) is 14.1. The van der Waals surface area contributed by atoms with E-state index >= 15 is 0 Å². The molecule has 1 heterocycles. The van der Waals surface area contributed by atoms with Crippen LogP contribution in [0.3, 0.4) is 0 Å². The van der Waals surface area contributed by atoms with E-state index in [1.54, 1.807) is 0 Å². The number of hydrogen-bond acceptors (Lipinski definition) is 5. The van der Waals surface area contributed by atoms with Gasteiger partial charge in [-0.05, 0) is 24.3 Å². The maximum atomic E-state index is 5.61. The smallest absolute Gasteiger partial charge is 0.253 e. The van der Waals surface area contributed by atoms with Crippen molar-refractivity contribution in [3.05, 3.63) is 72.4 Å². The lowest BCUT2D eigenvalue weighted by Gasteiger charge is -2.16. The summed E-state index contributed by atoms with van der Waals surface area (Å²) in [6, 6.07) is 19.6. The molecule has 0 radical (unpaired) electrons. The van der Waals surface area contributed by atoms with Gasteiger partial charge in [0.2, 0.25) is 5.89 Å². The summed E-state index contributed by atoms with van der Waals surface area (Å²) in [5, 5.41) is 8.07. The molecule has 0 spiro atoms. The molecule has 0 aliphatic rings. The highest BCUT2D eigenvalue weighted by atomic mass is 16.5. The fourth-order valence-electron chi connectivity index (χ4n) is 2.05. The normalized spacial score (nSPS) is 10.4. The molecule has 0 atom stereocenters. The maximum Gasteiger partial charge on any atom is 0.253 e. The van der Waals surface area contributed by atoms with Crippen LogP contribution in [0, 0.1) is 0 Å². The van der Waals surface area contributed by atoms with Crippen molar-refractivity contribution >= 4 is 5.69 Å². The first-order chi connectivity index (χ1) is 10.8. The second kappa shape index (κ2) is 6.76. The minimum atomic E-state index is 0.270. The highest BCUT2D eigenvalue weighted by molar-refractivity contribution is 5.44. The Morgan fingerprint density at radius 2 is 1.55 bits per heavy atom. The van der Waals surface area contributed by atoms with Crippen molar-refractivity contribution in [1.82, 2.24) is 10.2 Å². The van der Waals surface area contributed by atoms with Gasteiger partial charge in [0.05, 0.1) is 6.54 Å². The van der Waals surface area contributed by atoms with E-state index in [1.165, 1.54) is 0 Å². The third-order valence-corrected chi connectivity index (χ3v) is 3.18. The van der Waals surface area contributed by atoms with E-state index in [9.17, 15) is 0 Å². The molecule has 3 rings (SSSR count). The Morgan fingerprint density at radius 3 is 2.27 bits per heavy atom. The molecule has 0 aliphatic carbocycles. The van der Waals surface area contributed by atoms with Crippen molar-refractivity contribution in [3.63, 3.8) is 0 Å². The van der Waals surface area contributed by atoms with Gasteiger partial charge in [0, 0.05) is 12.7 Å². The second-order valence-electron chi connectivity index (χ2n) is 4.88. The van der Waals surface area contributed by atoms with Gasteiger partial charge in [0.15, 0.2) is 6.61 Å². The van der Waals surface area contributed by atoms with E-state index in [0.717, 1.165) is 11.4 Å². The molecule has 0 saturated heterocycles. The van der Waals surface area contributed by atoms with E-state index in [4.69, 9.17) is 9.15 Å². The third kappa shape index (κ3) is 3.63. The van der Waals surface area contributed by atoms with Gasteiger partial charge in [0.1, 0.15) is 5.75 Å². The van der Waals surface area contributed by atoms with Crippen LogP contribution in [0.4, 0.5) is 5.69 Å². The van der Waals surface area contributed by atoms with Gasteiger partial charge >= 0.3 is 0 Å². The average molecular weight is 295 g/mol. The standard InChI is InChI=1S/C17H17N3O2/c1-20(14-8-4-2-5-9-14)12-16-18-19-17(22-16)13-21-15-10-6-3-7-11-15/h2-11H,12-13H2,1H3. The first-order valence-electron chi connectivity index (χ1n) is 7.06. The van der Waals surface area contributed by atoms with Gasteiger partial charge < -0.3 is 14.1 Å². The van der Waals surface area contributed by atoms with Crippen LogP contribution in [0.5, 0.6) is 5.75 Å². The van der Waals surface area contributed by atoms with Crippen molar-refractivity contribution in [2.24, 2.45) is 0 Å². The van der Waals surface area contributed by atoms with Crippen molar-refractivity contribution in [2.75, 3.05) is 11.9 Å². The van der Waals surface area contributed by atoms with Crippen LogP contribution in [0.15, 0.2) is 65.1 Å². The van der Waals surface area contributed by atoms with E-state index in [2.05, 4.69) is 15.1 Å². The fraction of sp³-hybridized carbons (Fsp3) is 0.176. The van der Waals surface area contributed by atoms with Crippen LogP contribution in [0.2, 0.25) is 0 Å². The fourth-order valence-corrected chi connectivity index (χ4v) is 2.05. The SMILES string of the molecule is CN(Cc1nnc(COc2ccccc2)o1)c1ccccc1. The van der Waals surface area contributed by atoms with Gasteiger partial charge in [0.25, 0.3) is 5.89 Å². The highest BCUT2D eigenvalue weighted by Crippen LogP contribution is 2.15. The van der Waals surface area contributed by atoms with Crippen LogP contribution in [-0.4, -0.2) is 17.2 Å². The quantitative estimate of drug-likeness (QED) is 0.698. The predicted octanol–water partition coefficient (Wildman–Crippen LogP) is 3.29. The third-order valence-electron chi connectivity index (χ3n) is 3.18. The minimum Gasteiger partial charge on any atom is -0.484 e. The summed E-state index contributed by atoms with van der Waals surface area (Å²) in [5.74, 6) is 1.82. The number of anilines is 1. The number of ether oxygens (including phenoxy) is 1. The van der Waals surface area contributed by atoms with Crippen LogP contribution >= 0.6 is 0 Å². The van der Waals surface area contributed by atoms with E-state index in [1.807, 2.05) is 67.7 Å². The Labute approximate surface area is 129 Å². The summed E-state index contributed by atoms with van der Waals surface area (Å²) < 4.78 is 11.2. The summed E-state index contributed by atoms with van der Waals surface area (Å²) in [4.78, 5) is 2.05. The van der Waals surface area contributed by atoms with E-state index in [0.29, 0.717) is 18.3 Å². The number of benzene rings is 2. The number of nitrogens with zero attached hydrogens (tertiary/aromatic N) is 3. The Morgan fingerprint density at radius 1 is 0.909 bits per heavy atom. The minimum absolute atomic E-state index is 0.270. The zero-order chi connectivity index (χ0) is 15.2.